The number of amides is 1. The number of carbonyl (C=O) groups excluding carboxylic acids is 1. The summed E-state index contributed by atoms with van der Waals surface area (Å²) in [5, 5.41) is 11.3. The summed E-state index contributed by atoms with van der Waals surface area (Å²) in [4.78, 5) is 21.9. The van der Waals surface area contributed by atoms with Crippen molar-refractivity contribution < 1.29 is 14.7 Å². The average molecular weight is 219 g/mol. The lowest BCUT2D eigenvalue weighted by Gasteiger charge is -2.12. The Balaban J connectivity index is 3.90. The second-order valence-corrected chi connectivity index (χ2v) is 3.98. The highest BCUT2D eigenvalue weighted by molar-refractivity contribution is 7.98. The van der Waals surface area contributed by atoms with Crippen LogP contribution in [0.1, 0.15) is 26.2 Å². The standard InChI is InChI=1S/C9H17NO3S/c1-3-4-7(9(12)13)10-8(11)5-6-14-2/h7H,3-6H2,1-2H3,(H,10,11)(H,12,13)/t7-/m1/s1. The maximum absolute atomic E-state index is 11.2. The minimum atomic E-state index is -0.954. The maximum atomic E-state index is 11.2. The van der Waals surface area contributed by atoms with E-state index in [4.69, 9.17) is 5.11 Å². The summed E-state index contributed by atoms with van der Waals surface area (Å²) in [7, 11) is 0. The second kappa shape index (κ2) is 7.67. The third-order valence-electron chi connectivity index (χ3n) is 1.74. The summed E-state index contributed by atoms with van der Waals surface area (Å²) in [6.45, 7) is 1.89. The van der Waals surface area contributed by atoms with Crippen molar-refractivity contribution in [3.63, 3.8) is 0 Å². The Bertz CT molecular complexity index is 196. The predicted octanol–water partition coefficient (Wildman–Crippen LogP) is 1.11. The van der Waals surface area contributed by atoms with E-state index in [-0.39, 0.29) is 5.91 Å². The first kappa shape index (κ1) is 13.3. The summed E-state index contributed by atoms with van der Waals surface area (Å²) in [5.41, 5.74) is 0. The summed E-state index contributed by atoms with van der Waals surface area (Å²) >= 11 is 1.57. The normalized spacial score (nSPS) is 12.1. The third-order valence-corrected chi connectivity index (χ3v) is 2.36. The van der Waals surface area contributed by atoms with Gasteiger partial charge in [0.1, 0.15) is 6.04 Å². The van der Waals surface area contributed by atoms with E-state index in [9.17, 15) is 9.59 Å². The molecule has 14 heavy (non-hydrogen) atoms. The van der Waals surface area contributed by atoms with Crippen LogP contribution in [0.25, 0.3) is 0 Å². The fourth-order valence-corrected chi connectivity index (χ4v) is 1.40. The zero-order valence-electron chi connectivity index (χ0n) is 8.58. The quantitative estimate of drug-likeness (QED) is 0.673. The van der Waals surface area contributed by atoms with Gasteiger partial charge in [-0.25, -0.2) is 4.79 Å². The van der Waals surface area contributed by atoms with Crippen molar-refractivity contribution >= 4 is 23.6 Å². The Kier molecular flexibility index (Phi) is 7.28. The predicted molar refractivity (Wildman–Crippen MR) is 57.5 cm³/mol. The van der Waals surface area contributed by atoms with Gasteiger partial charge in [0, 0.05) is 12.2 Å². The Hall–Kier alpha value is -0.710. The Morgan fingerprint density at radius 1 is 1.50 bits per heavy atom. The zero-order chi connectivity index (χ0) is 11.0. The van der Waals surface area contributed by atoms with Gasteiger partial charge in [0.05, 0.1) is 0 Å². The summed E-state index contributed by atoms with van der Waals surface area (Å²) in [6, 6.07) is -0.727. The molecule has 0 heterocycles. The van der Waals surface area contributed by atoms with E-state index in [1.807, 2.05) is 13.2 Å². The number of rotatable bonds is 7. The van der Waals surface area contributed by atoms with Gasteiger partial charge in [-0.05, 0) is 12.7 Å². The molecule has 0 rings (SSSR count). The van der Waals surface area contributed by atoms with E-state index in [0.29, 0.717) is 12.8 Å². The lowest BCUT2D eigenvalue weighted by atomic mass is 10.1. The lowest BCUT2D eigenvalue weighted by molar-refractivity contribution is -0.142. The molecule has 0 saturated heterocycles. The molecule has 82 valence electrons. The summed E-state index contributed by atoms with van der Waals surface area (Å²) < 4.78 is 0. The highest BCUT2D eigenvalue weighted by atomic mass is 32.2. The van der Waals surface area contributed by atoms with Gasteiger partial charge in [-0.2, -0.15) is 11.8 Å². The molecule has 5 heteroatoms. The third kappa shape index (κ3) is 5.85. The molecule has 0 fully saturated rings. The first-order chi connectivity index (χ1) is 6.61. The van der Waals surface area contributed by atoms with Crippen molar-refractivity contribution in [3.8, 4) is 0 Å². The molecule has 0 bridgehead atoms. The van der Waals surface area contributed by atoms with Crippen molar-refractivity contribution in [1.82, 2.24) is 5.32 Å². The number of aliphatic carboxylic acids is 1. The first-order valence-electron chi connectivity index (χ1n) is 4.63. The van der Waals surface area contributed by atoms with Crippen LogP contribution in [0, 0.1) is 0 Å². The molecule has 0 aliphatic carbocycles. The molecule has 4 nitrogen and oxygen atoms in total. The van der Waals surface area contributed by atoms with Crippen molar-refractivity contribution in [1.29, 1.82) is 0 Å². The van der Waals surface area contributed by atoms with Crippen LogP contribution in [0.15, 0.2) is 0 Å². The molecule has 1 atom stereocenters. The highest BCUT2D eigenvalue weighted by Crippen LogP contribution is 1.99. The van der Waals surface area contributed by atoms with Crippen LogP contribution in [0.4, 0.5) is 0 Å². The average Bonchev–Trinajstić information content (AvgIpc) is 2.14. The molecular formula is C9H17NO3S. The summed E-state index contributed by atoms with van der Waals surface area (Å²) in [5.74, 6) is -0.408. The Morgan fingerprint density at radius 2 is 2.14 bits per heavy atom. The summed E-state index contributed by atoms with van der Waals surface area (Å²) in [6.07, 6.45) is 3.53. The monoisotopic (exact) mass is 219 g/mol. The minimum Gasteiger partial charge on any atom is -0.480 e. The van der Waals surface area contributed by atoms with Gasteiger partial charge in [-0.15, -0.1) is 0 Å². The molecule has 1 amide bonds. The van der Waals surface area contributed by atoms with Gasteiger partial charge >= 0.3 is 5.97 Å². The van der Waals surface area contributed by atoms with Crippen LogP contribution in [0.3, 0.4) is 0 Å². The van der Waals surface area contributed by atoms with Crippen LogP contribution in [0.2, 0.25) is 0 Å². The zero-order valence-corrected chi connectivity index (χ0v) is 9.39. The minimum absolute atomic E-state index is 0.180. The lowest BCUT2D eigenvalue weighted by Crippen LogP contribution is -2.40. The van der Waals surface area contributed by atoms with Crippen LogP contribution >= 0.6 is 11.8 Å². The van der Waals surface area contributed by atoms with Crippen molar-refractivity contribution in [2.75, 3.05) is 12.0 Å². The Labute approximate surface area is 88.4 Å². The number of nitrogens with one attached hydrogen (secondary N) is 1. The smallest absolute Gasteiger partial charge is 0.326 e. The van der Waals surface area contributed by atoms with E-state index in [1.54, 1.807) is 11.8 Å². The van der Waals surface area contributed by atoms with Crippen LogP contribution in [0.5, 0.6) is 0 Å². The largest absolute Gasteiger partial charge is 0.480 e. The molecule has 0 radical (unpaired) electrons. The van der Waals surface area contributed by atoms with Gasteiger partial charge in [-0.1, -0.05) is 13.3 Å². The van der Waals surface area contributed by atoms with Crippen LogP contribution in [-0.4, -0.2) is 35.0 Å². The topological polar surface area (TPSA) is 66.4 Å². The molecule has 0 spiro atoms. The van der Waals surface area contributed by atoms with Gasteiger partial charge in [0.15, 0.2) is 0 Å². The van der Waals surface area contributed by atoms with E-state index in [1.165, 1.54) is 0 Å². The molecule has 0 aliphatic heterocycles. The van der Waals surface area contributed by atoms with E-state index < -0.39 is 12.0 Å². The molecule has 0 aromatic carbocycles. The van der Waals surface area contributed by atoms with E-state index in [0.717, 1.165) is 12.2 Å². The van der Waals surface area contributed by atoms with Crippen LogP contribution < -0.4 is 5.32 Å². The number of carboxylic acids is 1. The fraction of sp³-hybridized carbons (Fsp3) is 0.778. The number of hydrogen-bond donors (Lipinski definition) is 2. The van der Waals surface area contributed by atoms with Gasteiger partial charge in [-0.3, -0.25) is 4.79 Å². The van der Waals surface area contributed by atoms with E-state index in [2.05, 4.69) is 5.32 Å². The van der Waals surface area contributed by atoms with Crippen LogP contribution in [-0.2, 0) is 9.59 Å². The van der Waals surface area contributed by atoms with Gasteiger partial charge in [0.25, 0.3) is 0 Å². The Morgan fingerprint density at radius 3 is 2.57 bits per heavy atom. The highest BCUT2D eigenvalue weighted by Gasteiger charge is 2.17. The molecular weight excluding hydrogens is 202 g/mol. The maximum Gasteiger partial charge on any atom is 0.326 e. The molecule has 0 aromatic heterocycles. The SMILES string of the molecule is CCC[C@@H](NC(=O)CCSC)C(=O)O. The van der Waals surface area contributed by atoms with Gasteiger partial charge < -0.3 is 10.4 Å². The second-order valence-electron chi connectivity index (χ2n) is 2.99. The van der Waals surface area contributed by atoms with Crippen molar-refractivity contribution in [2.45, 2.75) is 32.2 Å². The number of hydrogen-bond acceptors (Lipinski definition) is 3. The first-order valence-corrected chi connectivity index (χ1v) is 6.02. The van der Waals surface area contributed by atoms with Gasteiger partial charge in [0.2, 0.25) is 5.91 Å². The molecule has 0 aromatic rings. The fourth-order valence-electron chi connectivity index (χ4n) is 1.01. The number of thioether (sulfide) groups is 1. The molecule has 0 saturated carbocycles. The molecule has 2 N–H and O–H groups in total. The molecule has 0 unspecified atom stereocenters. The number of carbonyl (C=O) groups is 2. The van der Waals surface area contributed by atoms with E-state index >= 15 is 0 Å². The van der Waals surface area contributed by atoms with Crippen molar-refractivity contribution in [2.24, 2.45) is 0 Å². The van der Waals surface area contributed by atoms with Crippen molar-refractivity contribution in [3.05, 3.63) is 0 Å². The molecule has 0 aliphatic rings. The number of carboxylic acid groups (broad SMARTS) is 1.